The van der Waals surface area contributed by atoms with Gasteiger partial charge in [-0.15, -0.1) is 0 Å². The van der Waals surface area contributed by atoms with E-state index in [1.165, 1.54) is 25.7 Å². The van der Waals surface area contributed by atoms with Gasteiger partial charge in [0, 0.05) is 6.54 Å². The summed E-state index contributed by atoms with van der Waals surface area (Å²) >= 11 is 0. The Morgan fingerprint density at radius 2 is 1.65 bits per heavy atom. The molecule has 0 atom stereocenters. The molecule has 1 nitrogen and oxygen atoms in total. The molecule has 0 aromatic rings. The number of hydrogen-bond donors (Lipinski definition) is 0. The third-order valence-electron chi connectivity index (χ3n) is 4.71. The molecule has 1 rings (SSSR count). The highest BCUT2D eigenvalue weighted by Gasteiger charge is 2.40. The van der Waals surface area contributed by atoms with Gasteiger partial charge in [0.2, 0.25) is 0 Å². The summed E-state index contributed by atoms with van der Waals surface area (Å²) < 4.78 is 0. The first-order valence-corrected chi connectivity index (χ1v) is 11.4. The zero-order chi connectivity index (χ0) is 15.5. The highest BCUT2D eigenvalue weighted by molar-refractivity contribution is 6.93. The van der Waals surface area contributed by atoms with Crippen LogP contribution in [0.1, 0.15) is 39.5 Å². The van der Waals surface area contributed by atoms with Crippen molar-refractivity contribution in [1.29, 1.82) is 0 Å². The fourth-order valence-corrected chi connectivity index (χ4v) is 7.81. The summed E-state index contributed by atoms with van der Waals surface area (Å²) in [5.41, 5.74) is 3.46. The maximum Gasteiger partial charge on any atom is 0.169 e. The molecule has 3 heteroatoms. The van der Waals surface area contributed by atoms with Crippen molar-refractivity contribution in [3.05, 3.63) is 21.4 Å². The largest absolute Gasteiger partial charge is 0.306 e. The molecule has 1 aliphatic heterocycles. The first kappa shape index (κ1) is 17.8. The van der Waals surface area contributed by atoms with E-state index in [2.05, 4.69) is 59.6 Å². The van der Waals surface area contributed by atoms with Gasteiger partial charge in [0.25, 0.3) is 0 Å². The highest BCUT2D eigenvalue weighted by atomic mass is 28.3. The second kappa shape index (κ2) is 7.13. The lowest BCUT2D eigenvalue weighted by Crippen LogP contribution is -2.35. The van der Waals surface area contributed by atoms with Crippen LogP contribution in [-0.4, -0.2) is 40.3 Å². The van der Waals surface area contributed by atoms with Crippen LogP contribution in [0.3, 0.4) is 0 Å². The van der Waals surface area contributed by atoms with E-state index in [0.29, 0.717) is 6.71 Å². The van der Waals surface area contributed by atoms with Crippen molar-refractivity contribution >= 4 is 14.8 Å². The van der Waals surface area contributed by atoms with E-state index >= 15 is 0 Å². The van der Waals surface area contributed by atoms with Crippen LogP contribution in [0, 0.1) is 0 Å². The molecule has 0 bridgehead atoms. The smallest absolute Gasteiger partial charge is 0.169 e. The molecule has 1 aliphatic rings. The molecule has 0 saturated carbocycles. The van der Waals surface area contributed by atoms with Gasteiger partial charge in [-0.25, -0.2) is 0 Å². The quantitative estimate of drug-likeness (QED) is 0.607. The van der Waals surface area contributed by atoms with E-state index in [-0.39, 0.29) is 0 Å². The van der Waals surface area contributed by atoms with Crippen molar-refractivity contribution in [1.82, 2.24) is 4.90 Å². The molecular weight excluding hydrogens is 257 g/mol. The predicted octanol–water partition coefficient (Wildman–Crippen LogP) is 4.84. The number of rotatable bonds is 7. The molecule has 0 unspecified atom stereocenters. The molecule has 0 fully saturated rings. The predicted molar refractivity (Wildman–Crippen MR) is 97.4 cm³/mol. The zero-order valence-electron chi connectivity index (χ0n) is 15.1. The SMILES string of the molecule is CCCCC1=C(B(C)C)C(CC)=C(CN(C)C)[Si]1(C)C. The summed E-state index contributed by atoms with van der Waals surface area (Å²) in [5.74, 6) is 0. The van der Waals surface area contributed by atoms with Crippen LogP contribution >= 0.6 is 0 Å². The maximum absolute atomic E-state index is 2.59. The zero-order valence-corrected chi connectivity index (χ0v) is 16.1. The fourth-order valence-electron chi connectivity index (χ4n) is 3.75. The van der Waals surface area contributed by atoms with Gasteiger partial charge in [0.1, 0.15) is 8.07 Å². The fraction of sp³-hybridized carbons (Fsp3) is 0.765. The second-order valence-electron chi connectivity index (χ2n) is 7.32. The molecule has 0 aliphatic carbocycles. The molecule has 0 spiro atoms. The van der Waals surface area contributed by atoms with Crippen molar-refractivity contribution in [2.24, 2.45) is 0 Å². The minimum atomic E-state index is -1.39. The average molecular weight is 291 g/mol. The van der Waals surface area contributed by atoms with Crippen molar-refractivity contribution in [3.8, 4) is 0 Å². The Balaban J connectivity index is 3.30. The Morgan fingerprint density at radius 3 is 2.05 bits per heavy atom. The highest BCUT2D eigenvalue weighted by Crippen LogP contribution is 2.43. The normalized spacial score (nSPS) is 18.4. The monoisotopic (exact) mass is 291 g/mol. The van der Waals surface area contributed by atoms with E-state index in [0.717, 1.165) is 6.54 Å². The van der Waals surface area contributed by atoms with Crippen LogP contribution in [-0.2, 0) is 0 Å². The van der Waals surface area contributed by atoms with Gasteiger partial charge < -0.3 is 4.90 Å². The van der Waals surface area contributed by atoms with Gasteiger partial charge in [-0.3, -0.25) is 0 Å². The van der Waals surface area contributed by atoms with Crippen LogP contribution in [0.2, 0.25) is 26.7 Å². The molecule has 0 amide bonds. The Bertz CT molecular complexity index is 405. The van der Waals surface area contributed by atoms with E-state index in [1.54, 1.807) is 16.2 Å². The van der Waals surface area contributed by atoms with Gasteiger partial charge in [-0.05, 0) is 26.9 Å². The van der Waals surface area contributed by atoms with Crippen molar-refractivity contribution in [3.63, 3.8) is 0 Å². The van der Waals surface area contributed by atoms with E-state index in [1.807, 2.05) is 5.20 Å². The third kappa shape index (κ3) is 3.48. The summed E-state index contributed by atoms with van der Waals surface area (Å²) in [6.07, 6.45) is 5.21. The summed E-state index contributed by atoms with van der Waals surface area (Å²) in [4.78, 5) is 2.36. The Labute approximate surface area is 128 Å². The Morgan fingerprint density at radius 1 is 1.05 bits per heavy atom. The number of allylic oxidation sites excluding steroid dienone is 3. The van der Waals surface area contributed by atoms with Crippen molar-refractivity contribution in [2.75, 3.05) is 20.6 Å². The summed E-state index contributed by atoms with van der Waals surface area (Å²) in [6, 6.07) is 0. The van der Waals surface area contributed by atoms with Crippen molar-refractivity contribution in [2.45, 2.75) is 66.3 Å². The van der Waals surface area contributed by atoms with Crippen LogP contribution in [0.4, 0.5) is 0 Å². The lowest BCUT2D eigenvalue weighted by molar-refractivity contribution is 0.450. The molecule has 0 aromatic carbocycles. The molecule has 0 saturated heterocycles. The van der Waals surface area contributed by atoms with Crippen molar-refractivity contribution < 1.29 is 0 Å². The lowest BCUT2D eigenvalue weighted by Gasteiger charge is -2.28. The van der Waals surface area contributed by atoms with Gasteiger partial charge in [-0.2, -0.15) is 0 Å². The number of likely N-dealkylation sites (N-methyl/N-ethyl adjacent to an activating group) is 1. The summed E-state index contributed by atoms with van der Waals surface area (Å²) in [7, 11) is 3.03. The first-order valence-electron chi connectivity index (χ1n) is 8.38. The van der Waals surface area contributed by atoms with Crippen LogP contribution in [0.25, 0.3) is 0 Å². The molecule has 0 radical (unpaired) electrons. The lowest BCUT2D eigenvalue weighted by atomic mass is 9.46. The molecule has 0 N–H and O–H groups in total. The van der Waals surface area contributed by atoms with E-state index in [9.17, 15) is 0 Å². The molecule has 0 aromatic heterocycles. The van der Waals surface area contributed by atoms with E-state index in [4.69, 9.17) is 0 Å². The first-order chi connectivity index (χ1) is 9.27. The van der Waals surface area contributed by atoms with Gasteiger partial charge in [0.05, 0.1) is 0 Å². The molecule has 1 heterocycles. The number of hydrogen-bond acceptors (Lipinski definition) is 1. The van der Waals surface area contributed by atoms with Crippen LogP contribution < -0.4 is 0 Å². The van der Waals surface area contributed by atoms with Gasteiger partial charge in [0.15, 0.2) is 6.71 Å². The second-order valence-corrected chi connectivity index (χ2v) is 11.8. The third-order valence-corrected chi connectivity index (χ3v) is 8.71. The summed E-state index contributed by atoms with van der Waals surface area (Å²) in [6.45, 7) is 16.5. The average Bonchev–Trinajstić information content (AvgIpc) is 2.55. The topological polar surface area (TPSA) is 3.24 Å². The molecule has 114 valence electrons. The molecule has 20 heavy (non-hydrogen) atoms. The van der Waals surface area contributed by atoms with Gasteiger partial charge in [-0.1, -0.05) is 74.9 Å². The van der Waals surface area contributed by atoms with Gasteiger partial charge >= 0.3 is 0 Å². The summed E-state index contributed by atoms with van der Waals surface area (Å²) in [5, 5.41) is 3.67. The number of nitrogens with zero attached hydrogens (tertiary/aromatic N) is 1. The van der Waals surface area contributed by atoms with E-state index < -0.39 is 8.07 Å². The van der Waals surface area contributed by atoms with Crippen LogP contribution in [0.15, 0.2) is 21.4 Å². The minimum Gasteiger partial charge on any atom is -0.306 e. The molecular formula is C17H34BNSi. The number of unbranched alkanes of at least 4 members (excludes halogenated alkanes) is 1. The Hall–Kier alpha value is -0.278. The van der Waals surface area contributed by atoms with Crippen LogP contribution in [0.5, 0.6) is 0 Å². The maximum atomic E-state index is 2.59. The minimum absolute atomic E-state index is 0.684. The standard InChI is InChI=1S/C17H34BNSi/c1-9-11-12-15-17(18(3)4)14(10-2)16(13-19(5)6)20(15,7)8/h9-13H2,1-8H3. The Kier molecular flexibility index (Phi) is 6.33.